The minimum atomic E-state index is -3.22. The molecule has 0 saturated carbocycles. The van der Waals surface area contributed by atoms with Gasteiger partial charge in [0.2, 0.25) is 0 Å². The number of alkyl halides is 1. The molecule has 5 heteroatoms. The van der Waals surface area contributed by atoms with Crippen molar-refractivity contribution in [3.8, 4) is 0 Å². The van der Waals surface area contributed by atoms with Gasteiger partial charge in [0.1, 0.15) is 0 Å². The maximum absolute atomic E-state index is 11.7. The predicted octanol–water partition coefficient (Wildman–Crippen LogP) is 3.55. The summed E-state index contributed by atoms with van der Waals surface area (Å²) in [7, 11) is -3.22. The minimum absolute atomic E-state index is 0.00612. The highest BCUT2D eigenvalue weighted by Crippen LogP contribution is 2.29. The third-order valence-corrected chi connectivity index (χ3v) is 5.45. The lowest BCUT2D eigenvalue weighted by atomic mass is 9.84. The fourth-order valence-corrected chi connectivity index (χ4v) is 3.29. The van der Waals surface area contributed by atoms with E-state index in [-0.39, 0.29) is 5.41 Å². The molecule has 0 spiro atoms. The van der Waals surface area contributed by atoms with Crippen LogP contribution in [-0.2, 0) is 9.84 Å². The van der Waals surface area contributed by atoms with E-state index in [2.05, 4.69) is 19.2 Å². The van der Waals surface area contributed by atoms with Gasteiger partial charge in [0.05, 0.1) is 10.6 Å². The first-order valence-corrected chi connectivity index (χ1v) is 8.90. The topological polar surface area (TPSA) is 46.2 Å². The molecule has 0 aliphatic carbocycles. The first-order chi connectivity index (χ1) is 8.88. The van der Waals surface area contributed by atoms with Crippen molar-refractivity contribution in [2.24, 2.45) is 5.41 Å². The first-order valence-electron chi connectivity index (χ1n) is 6.47. The lowest BCUT2D eigenvalue weighted by Gasteiger charge is -2.30. The molecule has 0 bridgehead atoms. The molecule has 0 aliphatic heterocycles. The average Bonchev–Trinajstić information content (AvgIpc) is 2.40. The van der Waals surface area contributed by atoms with E-state index in [9.17, 15) is 8.42 Å². The maximum atomic E-state index is 11.7. The molecule has 0 fully saturated rings. The quantitative estimate of drug-likeness (QED) is 0.784. The SMILES string of the molecule is CCC(CC)(CCl)CNc1ccccc1S(C)(=O)=O. The molecule has 1 rings (SSSR count). The molecule has 0 amide bonds. The molecule has 3 nitrogen and oxygen atoms in total. The Kier molecular flexibility index (Phi) is 5.68. The van der Waals surface area contributed by atoms with Crippen molar-refractivity contribution in [3.63, 3.8) is 0 Å². The second-order valence-electron chi connectivity index (χ2n) is 4.96. The second-order valence-corrected chi connectivity index (χ2v) is 7.21. The van der Waals surface area contributed by atoms with Crippen molar-refractivity contribution in [1.29, 1.82) is 0 Å². The molecule has 1 aromatic carbocycles. The van der Waals surface area contributed by atoms with Gasteiger partial charge in [0, 0.05) is 24.1 Å². The van der Waals surface area contributed by atoms with Crippen LogP contribution in [0.3, 0.4) is 0 Å². The molecule has 0 saturated heterocycles. The van der Waals surface area contributed by atoms with Crippen LogP contribution < -0.4 is 5.32 Å². The Labute approximate surface area is 121 Å². The Morgan fingerprint density at radius 2 is 1.79 bits per heavy atom. The van der Waals surface area contributed by atoms with Crippen LogP contribution in [0.25, 0.3) is 0 Å². The summed E-state index contributed by atoms with van der Waals surface area (Å²) in [5.41, 5.74) is 0.660. The van der Waals surface area contributed by atoms with E-state index in [0.717, 1.165) is 12.8 Å². The van der Waals surface area contributed by atoms with E-state index in [1.54, 1.807) is 18.2 Å². The van der Waals surface area contributed by atoms with Gasteiger partial charge in [-0.2, -0.15) is 0 Å². The Morgan fingerprint density at radius 1 is 1.21 bits per heavy atom. The van der Waals surface area contributed by atoms with Crippen LogP contribution in [0.4, 0.5) is 5.69 Å². The van der Waals surface area contributed by atoms with Crippen LogP contribution in [-0.4, -0.2) is 27.1 Å². The first kappa shape index (κ1) is 16.3. The van der Waals surface area contributed by atoms with Gasteiger partial charge in [-0.1, -0.05) is 26.0 Å². The molecule has 1 N–H and O–H groups in total. The van der Waals surface area contributed by atoms with Crippen molar-refractivity contribution in [1.82, 2.24) is 0 Å². The van der Waals surface area contributed by atoms with Gasteiger partial charge in [-0.3, -0.25) is 0 Å². The predicted molar refractivity (Wildman–Crippen MR) is 81.8 cm³/mol. The summed E-state index contributed by atoms with van der Waals surface area (Å²) in [6, 6.07) is 6.98. The molecule has 0 aliphatic rings. The number of anilines is 1. The maximum Gasteiger partial charge on any atom is 0.177 e. The normalized spacial score (nSPS) is 12.4. The lowest BCUT2D eigenvalue weighted by Crippen LogP contribution is -2.30. The van der Waals surface area contributed by atoms with Gasteiger partial charge < -0.3 is 5.32 Å². The molecule has 0 radical (unpaired) electrons. The second kappa shape index (κ2) is 6.62. The van der Waals surface area contributed by atoms with Crippen molar-refractivity contribution in [2.45, 2.75) is 31.6 Å². The Balaban J connectivity index is 2.96. The summed E-state index contributed by atoms with van der Waals surface area (Å²) < 4.78 is 23.4. The summed E-state index contributed by atoms with van der Waals surface area (Å²) >= 11 is 6.06. The number of para-hydroxylation sites is 1. The zero-order valence-electron chi connectivity index (χ0n) is 11.7. The molecule has 19 heavy (non-hydrogen) atoms. The molecule has 0 aromatic heterocycles. The Morgan fingerprint density at radius 3 is 2.26 bits per heavy atom. The molecule has 1 aromatic rings. The van der Waals surface area contributed by atoms with Crippen LogP contribution in [0, 0.1) is 5.41 Å². The summed E-state index contributed by atoms with van der Waals surface area (Å²) in [5.74, 6) is 0.564. The van der Waals surface area contributed by atoms with Gasteiger partial charge in [-0.05, 0) is 25.0 Å². The highest BCUT2D eigenvalue weighted by molar-refractivity contribution is 7.90. The number of benzene rings is 1. The van der Waals surface area contributed by atoms with Gasteiger partial charge in [-0.25, -0.2) is 8.42 Å². The summed E-state index contributed by atoms with van der Waals surface area (Å²) in [4.78, 5) is 0.339. The zero-order valence-corrected chi connectivity index (χ0v) is 13.3. The smallest absolute Gasteiger partial charge is 0.177 e. The Bertz CT molecular complexity index is 502. The van der Waals surface area contributed by atoms with Crippen molar-refractivity contribution in [2.75, 3.05) is 24.0 Å². The number of halogens is 1. The number of rotatable bonds is 7. The fourth-order valence-electron chi connectivity index (χ4n) is 1.95. The fraction of sp³-hybridized carbons (Fsp3) is 0.571. The minimum Gasteiger partial charge on any atom is -0.383 e. The van der Waals surface area contributed by atoms with E-state index in [4.69, 9.17) is 11.6 Å². The number of hydrogen-bond acceptors (Lipinski definition) is 3. The third kappa shape index (κ3) is 4.11. The van der Waals surface area contributed by atoms with E-state index in [0.29, 0.717) is 23.0 Å². The third-order valence-electron chi connectivity index (χ3n) is 3.72. The van der Waals surface area contributed by atoms with E-state index in [1.807, 2.05) is 6.07 Å². The number of hydrogen-bond donors (Lipinski definition) is 1. The molecule has 0 atom stereocenters. The summed E-state index contributed by atoms with van der Waals surface area (Å²) in [6.07, 6.45) is 3.14. The largest absolute Gasteiger partial charge is 0.383 e. The van der Waals surface area contributed by atoms with E-state index >= 15 is 0 Å². The standard InChI is InChI=1S/C14H22ClNO2S/c1-4-14(5-2,10-15)11-16-12-8-6-7-9-13(12)19(3,17)18/h6-9,16H,4-5,10-11H2,1-3H3. The average molecular weight is 304 g/mol. The molecule has 0 heterocycles. The van der Waals surface area contributed by atoms with Crippen LogP contribution >= 0.6 is 11.6 Å². The van der Waals surface area contributed by atoms with Crippen LogP contribution in [0.2, 0.25) is 0 Å². The van der Waals surface area contributed by atoms with Gasteiger partial charge in [-0.15, -0.1) is 11.6 Å². The summed E-state index contributed by atoms with van der Waals surface area (Å²) in [5, 5.41) is 3.25. The Hall–Kier alpha value is -0.740. The van der Waals surface area contributed by atoms with Crippen LogP contribution in [0.5, 0.6) is 0 Å². The van der Waals surface area contributed by atoms with Crippen molar-refractivity contribution in [3.05, 3.63) is 24.3 Å². The molecule has 108 valence electrons. The number of sulfone groups is 1. The zero-order chi connectivity index (χ0) is 14.5. The van der Waals surface area contributed by atoms with Crippen LogP contribution in [0.15, 0.2) is 29.2 Å². The van der Waals surface area contributed by atoms with Crippen molar-refractivity contribution >= 4 is 27.1 Å². The summed E-state index contributed by atoms with van der Waals surface area (Å²) in [6.45, 7) is 4.89. The van der Waals surface area contributed by atoms with Gasteiger partial charge in [0.25, 0.3) is 0 Å². The van der Waals surface area contributed by atoms with Crippen molar-refractivity contribution < 1.29 is 8.42 Å². The molecular formula is C14H22ClNO2S. The highest BCUT2D eigenvalue weighted by atomic mass is 35.5. The molecular weight excluding hydrogens is 282 g/mol. The lowest BCUT2D eigenvalue weighted by molar-refractivity contribution is 0.326. The van der Waals surface area contributed by atoms with Crippen LogP contribution in [0.1, 0.15) is 26.7 Å². The molecule has 0 unspecified atom stereocenters. The number of nitrogens with one attached hydrogen (secondary N) is 1. The van der Waals surface area contributed by atoms with E-state index in [1.165, 1.54) is 6.26 Å². The van der Waals surface area contributed by atoms with E-state index < -0.39 is 9.84 Å². The van der Waals surface area contributed by atoms with Gasteiger partial charge >= 0.3 is 0 Å². The highest BCUT2D eigenvalue weighted by Gasteiger charge is 2.25. The monoisotopic (exact) mass is 303 g/mol. The van der Waals surface area contributed by atoms with Gasteiger partial charge in [0.15, 0.2) is 9.84 Å².